The monoisotopic (exact) mass is 291 g/mol. The molecule has 0 amide bonds. The number of thiophene rings is 1. The molecule has 2 aromatic rings. The van der Waals surface area contributed by atoms with E-state index in [4.69, 9.17) is 0 Å². The summed E-state index contributed by atoms with van der Waals surface area (Å²) in [4.78, 5) is 2.11. The van der Waals surface area contributed by atoms with E-state index in [0.29, 0.717) is 23.8 Å². The van der Waals surface area contributed by atoms with Crippen LogP contribution in [0.4, 0.5) is 10.1 Å². The van der Waals surface area contributed by atoms with Crippen LogP contribution >= 0.6 is 11.3 Å². The zero-order valence-corrected chi connectivity index (χ0v) is 12.2. The number of nitrogens with zero attached hydrogens (tertiary/aromatic N) is 1. The third-order valence-corrected chi connectivity index (χ3v) is 4.41. The Morgan fingerprint density at radius 3 is 2.80 bits per heavy atom. The van der Waals surface area contributed by atoms with Crippen molar-refractivity contribution >= 4 is 17.0 Å². The van der Waals surface area contributed by atoms with Gasteiger partial charge in [-0.2, -0.15) is 11.3 Å². The standard InChI is InChI=1S/C16H18FNOS/c1-11(19)14-3-2-4-15(17)16(14)18(13-5-6-13)9-12-7-8-20-10-12/h2-4,7-8,10-11,13,19H,5-6,9H2,1H3/t11-/m0/s1. The van der Waals surface area contributed by atoms with Crippen molar-refractivity contribution in [2.24, 2.45) is 0 Å². The number of rotatable bonds is 5. The average molecular weight is 291 g/mol. The van der Waals surface area contributed by atoms with Gasteiger partial charge in [0.2, 0.25) is 0 Å². The Balaban J connectivity index is 1.99. The maximum Gasteiger partial charge on any atom is 0.146 e. The van der Waals surface area contributed by atoms with Gasteiger partial charge in [0.25, 0.3) is 0 Å². The molecular weight excluding hydrogens is 273 g/mol. The Kier molecular flexibility index (Phi) is 3.76. The summed E-state index contributed by atoms with van der Waals surface area (Å²) < 4.78 is 14.3. The van der Waals surface area contributed by atoms with Gasteiger partial charge >= 0.3 is 0 Å². The Bertz CT molecular complexity index is 578. The number of aliphatic hydroxyl groups is 1. The van der Waals surface area contributed by atoms with E-state index in [2.05, 4.69) is 16.3 Å². The maximum atomic E-state index is 14.3. The normalized spacial score (nSPS) is 16.1. The van der Waals surface area contributed by atoms with E-state index in [1.54, 1.807) is 24.3 Å². The Morgan fingerprint density at radius 2 is 2.20 bits per heavy atom. The van der Waals surface area contributed by atoms with E-state index >= 15 is 0 Å². The first-order chi connectivity index (χ1) is 9.66. The van der Waals surface area contributed by atoms with Crippen molar-refractivity contribution in [1.29, 1.82) is 0 Å². The molecule has 0 saturated heterocycles. The molecule has 0 spiro atoms. The predicted molar refractivity (Wildman–Crippen MR) is 80.6 cm³/mol. The van der Waals surface area contributed by atoms with E-state index < -0.39 is 6.10 Å². The first-order valence-electron chi connectivity index (χ1n) is 6.91. The molecule has 1 heterocycles. The van der Waals surface area contributed by atoms with Crippen molar-refractivity contribution in [2.75, 3.05) is 4.90 Å². The van der Waals surface area contributed by atoms with E-state index in [1.807, 2.05) is 11.4 Å². The van der Waals surface area contributed by atoms with E-state index in [0.717, 1.165) is 12.8 Å². The van der Waals surface area contributed by atoms with Crippen LogP contribution in [0.3, 0.4) is 0 Å². The van der Waals surface area contributed by atoms with Gasteiger partial charge in [-0.15, -0.1) is 0 Å². The summed E-state index contributed by atoms with van der Waals surface area (Å²) in [5.74, 6) is -0.245. The molecule has 106 valence electrons. The fourth-order valence-corrected chi connectivity index (χ4v) is 3.19. The summed E-state index contributed by atoms with van der Waals surface area (Å²) in [6.45, 7) is 2.39. The molecule has 0 unspecified atom stereocenters. The molecule has 0 bridgehead atoms. The van der Waals surface area contributed by atoms with Crippen molar-refractivity contribution in [3.8, 4) is 0 Å². The molecule has 0 radical (unpaired) electrons. The van der Waals surface area contributed by atoms with Gasteiger partial charge in [0, 0.05) is 18.2 Å². The van der Waals surface area contributed by atoms with Crippen LogP contribution in [-0.2, 0) is 6.54 Å². The van der Waals surface area contributed by atoms with E-state index in [1.165, 1.54) is 11.6 Å². The van der Waals surface area contributed by atoms with Crippen molar-refractivity contribution in [3.05, 3.63) is 52.0 Å². The van der Waals surface area contributed by atoms with Gasteiger partial charge in [-0.3, -0.25) is 0 Å². The topological polar surface area (TPSA) is 23.5 Å². The van der Waals surface area contributed by atoms with Crippen LogP contribution in [0.2, 0.25) is 0 Å². The second kappa shape index (κ2) is 5.54. The third kappa shape index (κ3) is 2.72. The number of para-hydroxylation sites is 1. The second-order valence-corrected chi connectivity index (χ2v) is 6.12. The Hall–Kier alpha value is -1.39. The van der Waals surface area contributed by atoms with Crippen LogP contribution in [0.25, 0.3) is 0 Å². The fourth-order valence-electron chi connectivity index (χ4n) is 2.53. The van der Waals surface area contributed by atoms with Crippen molar-refractivity contribution in [3.63, 3.8) is 0 Å². The molecular formula is C16H18FNOS. The van der Waals surface area contributed by atoms with Crippen LogP contribution in [-0.4, -0.2) is 11.1 Å². The summed E-state index contributed by atoms with van der Waals surface area (Å²) in [6, 6.07) is 7.42. The summed E-state index contributed by atoms with van der Waals surface area (Å²) >= 11 is 1.65. The number of anilines is 1. The fraction of sp³-hybridized carbons (Fsp3) is 0.375. The molecule has 1 atom stereocenters. The van der Waals surface area contributed by atoms with Crippen LogP contribution in [0.15, 0.2) is 35.0 Å². The molecule has 3 rings (SSSR count). The number of benzene rings is 1. The molecule has 1 fully saturated rings. The molecule has 2 nitrogen and oxygen atoms in total. The highest BCUT2D eigenvalue weighted by Crippen LogP contribution is 2.38. The molecule has 4 heteroatoms. The third-order valence-electron chi connectivity index (χ3n) is 3.68. The number of hydrogen-bond donors (Lipinski definition) is 1. The van der Waals surface area contributed by atoms with Gasteiger partial charge < -0.3 is 10.0 Å². The minimum atomic E-state index is -0.663. The lowest BCUT2D eigenvalue weighted by Gasteiger charge is -2.28. The molecule has 1 aromatic heterocycles. The van der Waals surface area contributed by atoms with E-state index in [9.17, 15) is 9.50 Å². The number of halogens is 1. The van der Waals surface area contributed by atoms with Gasteiger partial charge in [-0.1, -0.05) is 12.1 Å². The molecule has 1 aliphatic carbocycles. The number of hydrogen-bond acceptors (Lipinski definition) is 3. The van der Waals surface area contributed by atoms with Gasteiger partial charge in [-0.25, -0.2) is 4.39 Å². The lowest BCUT2D eigenvalue weighted by atomic mass is 10.1. The molecule has 1 saturated carbocycles. The summed E-state index contributed by atoms with van der Waals surface area (Å²) in [5, 5.41) is 14.0. The maximum absolute atomic E-state index is 14.3. The summed E-state index contributed by atoms with van der Waals surface area (Å²) in [6.07, 6.45) is 1.53. The minimum absolute atomic E-state index is 0.245. The highest BCUT2D eigenvalue weighted by molar-refractivity contribution is 7.07. The van der Waals surface area contributed by atoms with Crippen LogP contribution in [0.5, 0.6) is 0 Å². The van der Waals surface area contributed by atoms with Crippen LogP contribution in [0, 0.1) is 5.82 Å². The average Bonchev–Trinajstić information content (AvgIpc) is 3.13. The molecule has 1 aromatic carbocycles. The predicted octanol–water partition coefficient (Wildman–Crippen LogP) is 4.11. The molecule has 20 heavy (non-hydrogen) atoms. The lowest BCUT2D eigenvalue weighted by molar-refractivity contribution is 0.199. The SMILES string of the molecule is C[C@H](O)c1cccc(F)c1N(Cc1ccsc1)C1CC1. The van der Waals surface area contributed by atoms with Gasteiger partial charge in [0.1, 0.15) is 5.82 Å². The van der Waals surface area contributed by atoms with Crippen molar-refractivity contribution in [2.45, 2.75) is 38.5 Å². The Labute approximate surface area is 122 Å². The summed E-state index contributed by atoms with van der Waals surface area (Å²) in [5.41, 5.74) is 2.44. The first kappa shape index (κ1) is 13.6. The minimum Gasteiger partial charge on any atom is -0.389 e. The highest BCUT2D eigenvalue weighted by atomic mass is 32.1. The summed E-state index contributed by atoms with van der Waals surface area (Å²) in [7, 11) is 0. The van der Waals surface area contributed by atoms with Crippen molar-refractivity contribution in [1.82, 2.24) is 0 Å². The lowest BCUT2D eigenvalue weighted by Crippen LogP contribution is -2.27. The quantitative estimate of drug-likeness (QED) is 0.896. The first-order valence-corrected chi connectivity index (χ1v) is 7.85. The van der Waals surface area contributed by atoms with Crippen LogP contribution < -0.4 is 4.90 Å². The zero-order valence-electron chi connectivity index (χ0n) is 11.4. The number of aliphatic hydroxyl groups excluding tert-OH is 1. The largest absolute Gasteiger partial charge is 0.389 e. The highest BCUT2D eigenvalue weighted by Gasteiger charge is 2.32. The molecule has 1 aliphatic rings. The van der Waals surface area contributed by atoms with Gasteiger partial charge in [0.15, 0.2) is 0 Å². The Morgan fingerprint density at radius 1 is 1.40 bits per heavy atom. The zero-order chi connectivity index (χ0) is 14.1. The van der Waals surface area contributed by atoms with Crippen LogP contribution in [0.1, 0.15) is 37.0 Å². The van der Waals surface area contributed by atoms with E-state index in [-0.39, 0.29) is 5.82 Å². The molecule has 1 N–H and O–H groups in total. The molecule has 0 aliphatic heterocycles. The van der Waals surface area contributed by atoms with Gasteiger partial charge in [0.05, 0.1) is 11.8 Å². The smallest absolute Gasteiger partial charge is 0.146 e. The van der Waals surface area contributed by atoms with Gasteiger partial charge in [-0.05, 0) is 48.2 Å². The van der Waals surface area contributed by atoms with Crippen molar-refractivity contribution < 1.29 is 9.50 Å². The second-order valence-electron chi connectivity index (χ2n) is 5.34.